The number of fused-ring (bicyclic) bond motifs is 1. The Hall–Kier alpha value is -2.63. The van der Waals surface area contributed by atoms with Gasteiger partial charge in [-0.2, -0.15) is 0 Å². The molecule has 3 aromatic rings. The van der Waals surface area contributed by atoms with Crippen LogP contribution in [-0.2, 0) is 0 Å². The molecule has 0 unspecified atom stereocenters. The van der Waals surface area contributed by atoms with Crippen LogP contribution >= 0.6 is 0 Å². The van der Waals surface area contributed by atoms with Crippen LogP contribution in [-0.4, -0.2) is 43.1 Å². The molecule has 0 aromatic carbocycles. The van der Waals surface area contributed by atoms with Gasteiger partial charge in [-0.1, -0.05) is 25.3 Å². The zero-order valence-electron chi connectivity index (χ0n) is 18.0. The van der Waals surface area contributed by atoms with Crippen LogP contribution in [0.5, 0.6) is 0 Å². The number of pyridine rings is 1. The van der Waals surface area contributed by atoms with Crippen LogP contribution in [0.4, 0.5) is 0 Å². The summed E-state index contributed by atoms with van der Waals surface area (Å²) < 4.78 is 4.52. The van der Waals surface area contributed by atoms with E-state index in [4.69, 9.17) is 0 Å². The molecule has 6 heteroatoms. The number of rotatable bonds is 3. The lowest BCUT2D eigenvalue weighted by molar-refractivity contribution is 0.0710. The number of aryl methyl sites for hydroxylation is 1. The summed E-state index contributed by atoms with van der Waals surface area (Å²) >= 11 is 0. The molecule has 0 atom stereocenters. The molecule has 0 spiro atoms. The lowest BCUT2D eigenvalue weighted by Crippen LogP contribution is -2.38. The maximum atomic E-state index is 13.4. The minimum Gasteiger partial charge on any atom is -0.345 e. The molecule has 1 aliphatic carbocycles. The molecular formula is C24H31N5O. The van der Waals surface area contributed by atoms with E-state index >= 15 is 0 Å². The van der Waals surface area contributed by atoms with Gasteiger partial charge < -0.3 is 9.47 Å². The van der Waals surface area contributed by atoms with Gasteiger partial charge in [-0.15, -0.1) is 10.2 Å². The predicted octanol–water partition coefficient (Wildman–Crippen LogP) is 4.67. The molecule has 0 N–H and O–H groups in total. The van der Waals surface area contributed by atoms with Gasteiger partial charge in [-0.05, 0) is 57.7 Å². The Bertz CT molecular complexity index is 1050. The number of amides is 1. The molecule has 2 fully saturated rings. The summed E-state index contributed by atoms with van der Waals surface area (Å²) in [6.07, 6.45) is 10.3. The Balaban J connectivity index is 1.30. The number of carbonyl (C=O) groups is 1. The fraction of sp³-hybridized carbons (Fsp3) is 0.542. The summed E-state index contributed by atoms with van der Waals surface area (Å²) in [7, 11) is 0. The number of hydrogen-bond donors (Lipinski definition) is 0. The van der Waals surface area contributed by atoms with E-state index in [0.29, 0.717) is 12.0 Å². The summed E-state index contributed by atoms with van der Waals surface area (Å²) in [5.41, 5.74) is 4.16. The van der Waals surface area contributed by atoms with E-state index in [1.807, 2.05) is 29.3 Å². The summed E-state index contributed by atoms with van der Waals surface area (Å²) in [4.78, 5) is 15.4. The molecule has 4 heterocycles. The highest BCUT2D eigenvalue weighted by Crippen LogP contribution is 2.33. The molecular weight excluding hydrogens is 374 g/mol. The molecule has 1 saturated heterocycles. The molecule has 158 valence electrons. The van der Waals surface area contributed by atoms with Crippen molar-refractivity contribution in [2.45, 2.75) is 70.8 Å². The van der Waals surface area contributed by atoms with Crippen molar-refractivity contribution in [1.82, 2.24) is 24.1 Å². The molecule has 1 saturated carbocycles. The first-order valence-corrected chi connectivity index (χ1v) is 11.4. The predicted molar refractivity (Wildman–Crippen MR) is 117 cm³/mol. The number of aromatic nitrogens is 4. The number of likely N-dealkylation sites (tertiary alicyclic amines) is 1. The number of nitrogens with zero attached hydrogens (tertiary/aromatic N) is 5. The molecule has 3 aromatic heterocycles. The summed E-state index contributed by atoms with van der Waals surface area (Å²) in [5, 5.41) is 8.73. The Morgan fingerprint density at radius 3 is 2.53 bits per heavy atom. The number of carbonyl (C=O) groups excluding carboxylic acids is 1. The van der Waals surface area contributed by atoms with Gasteiger partial charge in [-0.3, -0.25) is 9.20 Å². The zero-order valence-corrected chi connectivity index (χ0v) is 18.0. The number of piperidine rings is 1. The molecule has 1 amide bonds. The minimum absolute atomic E-state index is 0.190. The maximum Gasteiger partial charge on any atom is 0.255 e. The molecule has 0 radical (unpaired) electrons. The third kappa shape index (κ3) is 3.32. The topological polar surface area (TPSA) is 55.4 Å². The fourth-order valence-corrected chi connectivity index (χ4v) is 5.54. The largest absolute Gasteiger partial charge is 0.345 e. The van der Waals surface area contributed by atoms with Crippen LogP contribution in [0.3, 0.4) is 0 Å². The van der Waals surface area contributed by atoms with Crippen LogP contribution in [0, 0.1) is 13.8 Å². The van der Waals surface area contributed by atoms with E-state index in [2.05, 4.69) is 39.1 Å². The Morgan fingerprint density at radius 1 is 1.00 bits per heavy atom. The third-order valence-electron chi connectivity index (χ3n) is 7.14. The summed E-state index contributed by atoms with van der Waals surface area (Å²) in [6.45, 7) is 5.83. The fourth-order valence-electron chi connectivity index (χ4n) is 5.54. The van der Waals surface area contributed by atoms with E-state index in [1.165, 1.54) is 37.8 Å². The first-order chi connectivity index (χ1) is 14.6. The highest BCUT2D eigenvalue weighted by molar-refractivity contribution is 5.95. The van der Waals surface area contributed by atoms with E-state index in [0.717, 1.165) is 48.7 Å². The first kappa shape index (κ1) is 19.3. The molecule has 2 aliphatic rings. The SMILES string of the molecule is Cc1cc(C(=O)N2CCC(c3nnc4ccccn34)CC2)c(C)n1C1CCCCC1. The van der Waals surface area contributed by atoms with Crippen molar-refractivity contribution in [2.75, 3.05) is 13.1 Å². The van der Waals surface area contributed by atoms with Gasteiger partial charge in [0, 0.05) is 42.6 Å². The number of hydrogen-bond acceptors (Lipinski definition) is 3. The molecule has 6 nitrogen and oxygen atoms in total. The molecule has 0 bridgehead atoms. The lowest BCUT2D eigenvalue weighted by atomic mass is 9.95. The Kier molecular flexibility index (Phi) is 5.09. The quantitative estimate of drug-likeness (QED) is 0.636. The smallest absolute Gasteiger partial charge is 0.255 e. The zero-order chi connectivity index (χ0) is 20.7. The second kappa shape index (κ2) is 7.89. The monoisotopic (exact) mass is 405 g/mol. The van der Waals surface area contributed by atoms with E-state index < -0.39 is 0 Å². The second-order valence-corrected chi connectivity index (χ2v) is 9.00. The molecule has 30 heavy (non-hydrogen) atoms. The maximum absolute atomic E-state index is 13.4. The Morgan fingerprint density at radius 2 is 1.77 bits per heavy atom. The standard InChI is InChI=1S/C24H31N5O/c1-17-16-21(18(2)29(17)20-8-4-3-5-9-20)24(30)27-14-11-19(12-15-27)23-26-25-22-10-6-7-13-28(22)23/h6-7,10,13,16,19-20H,3-5,8-9,11-12,14-15H2,1-2H3. The van der Waals surface area contributed by atoms with Crippen LogP contribution in [0.25, 0.3) is 5.65 Å². The summed E-state index contributed by atoms with van der Waals surface area (Å²) in [5.74, 6) is 1.56. The highest BCUT2D eigenvalue weighted by atomic mass is 16.2. The van der Waals surface area contributed by atoms with Crippen LogP contribution in [0.1, 0.15) is 84.5 Å². The van der Waals surface area contributed by atoms with Crippen LogP contribution in [0.2, 0.25) is 0 Å². The van der Waals surface area contributed by atoms with Gasteiger partial charge in [-0.25, -0.2) is 0 Å². The van der Waals surface area contributed by atoms with Crippen molar-refractivity contribution < 1.29 is 4.79 Å². The minimum atomic E-state index is 0.190. The van der Waals surface area contributed by atoms with Gasteiger partial charge in [0.1, 0.15) is 5.82 Å². The van der Waals surface area contributed by atoms with Crippen molar-refractivity contribution in [3.05, 3.63) is 53.2 Å². The van der Waals surface area contributed by atoms with Gasteiger partial charge in [0.15, 0.2) is 5.65 Å². The van der Waals surface area contributed by atoms with Gasteiger partial charge >= 0.3 is 0 Å². The van der Waals surface area contributed by atoms with Crippen molar-refractivity contribution in [1.29, 1.82) is 0 Å². The summed E-state index contributed by atoms with van der Waals surface area (Å²) in [6, 6.07) is 8.66. The second-order valence-electron chi connectivity index (χ2n) is 9.00. The van der Waals surface area contributed by atoms with Crippen molar-refractivity contribution in [3.8, 4) is 0 Å². The average molecular weight is 406 g/mol. The molecule has 5 rings (SSSR count). The average Bonchev–Trinajstić information content (AvgIpc) is 3.34. The van der Waals surface area contributed by atoms with Crippen LogP contribution < -0.4 is 0 Å². The third-order valence-corrected chi connectivity index (χ3v) is 7.14. The Labute approximate surface area is 177 Å². The first-order valence-electron chi connectivity index (χ1n) is 11.4. The van der Waals surface area contributed by atoms with Gasteiger partial charge in [0.25, 0.3) is 5.91 Å². The van der Waals surface area contributed by atoms with Gasteiger partial charge in [0.05, 0.1) is 5.56 Å². The lowest BCUT2D eigenvalue weighted by Gasteiger charge is -2.31. The van der Waals surface area contributed by atoms with E-state index in [9.17, 15) is 4.79 Å². The van der Waals surface area contributed by atoms with Gasteiger partial charge in [0.2, 0.25) is 0 Å². The van der Waals surface area contributed by atoms with Crippen molar-refractivity contribution >= 4 is 11.6 Å². The van der Waals surface area contributed by atoms with Crippen molar-refractivity contribution in [2.24, 2.45) is 0 Å². The van der Waals surface area contributed by atoms with E-state index in [-0.39, 0.29) is 5.91 Å². The van der Waals surface area contributed by atoms with Crippen molar-refractivity contribution in [3.63, 3.8) is 0 Å². The normalized spacial score (nSPS) is 18.9. The van der Waals surface area contributed by atoms with E-state index in [1.54, 1.807) is 0 Å². The molecule has 1 aliphatic heterocycles. The van der Waals surface area contributed by atoms with Crippen LogP contribution in [0.15, 0.2) is 30.5 Å². The highest BCUT2D eigenvalue weighted by Gasteiger charge is 2.30.